The zero-order chi connectivity index (χ0) is 22.1. The van der Waals surface area contributed by atoms with Crippen molar-refractivity contribution in [3.05, 3.63) is 53.7 Å². The van der Waals surface area contributed by atoms with Crippen molar-refractivity contribution < 1.29 is 18.0 Å². The van der Waals surface area contributed by atoms with E-state index in [0.717, 1.165) is 11.3 Å². The van der Waals surface area contributed by atoms with E-state index < -0.39 is 10.0 Å². The number of anilines is 1. The van der Waals surface area contributed by atoms with Crippen LogP contribution in [0.3, 0.4) is 0 Å². The lowest BCUT2D eigenvalue weighted by molar-refractivity contribution is -0.122. The van der Waals surface area contributed by atoms with Crippen LogP contribution in [0.2, 0.25) is 0 Å². The summed E-state index contributed by atoms with van der Waals surface area (Å²) < 4.78 is 22.5. The van der Waals surface area contributed by atoms with Crippen LogP contribution in [0.5, 0.6) is 0 Å². The molecule has 9 nitrogen and oxygen atoms in total. The minimum Gasteiger partial charge on any atom is -0.356 e. The van der Waals surface area contributed by atoms with Gasteiger partial charge in [0.1, 0.15) is 5.82 Å². The summed E-state index contributed by atoms with van der Waals surface area (Å²) in [4.78, 5) is 30.1. The molecule has 0 saturated carbocycles. The van der Waals surface area contributed by atoms with Crippen LogP contribution in [0.1, 0.15) is 17.7 Å². The summed E-state index contributed by atoms with van der Waals surface area (Å²) in [6, 6.07) is 11.6. The normalized spacial score (nSPS) is 11.3. The number of carbonyl (C=O) groups excluding carboxylic acids is 2. The Hall–Kier alpha value is -2.82. The van der Waals surface area contributed by atoms with Crippen molar-refractivity contribution in [1.29, 1.82) is 0 Å². The Kier molecular flexibility index (Phi) is 8.46. The standard InChI is InChI=1S/C20H27N5O4S/c1-15-4-3-5-18(23-15)24-20(27)14-25(2)13-11-19(26)22-12-10-16-6-8-17(9-7-16)30(21,28)29/h3-9H,10-14H2,1-2H3,(H,22,26)(H2,21,28,29)(H,23,24,27). The molecule has 10 heteroatoms. The highest BCUT2D eigenvalue weighted by atomic mass is 32.2. The van der Waals surface area contributed by atoms with Gasteiger partial charge in [-0.3, -0.25) is 14.5 Å². The first-order valence-electron chi connectivity index (χ1n) is 9.44. The van der Waals surface area contributed by atoms with E-state index in [1.54, 1.807) is 30.1 Å². The molecule has 1 aromatic heterocycles. The Balaban J connectivity index is 1.65. The van der Waals surface area contributed by atoms with Crippen LogP contribution in [-0.2, 0) is 26.0 Å². The number of rotatable bonds is 10. The minimum atomic E-state index is -3.70. The lowest BCUT2D eigenvalue weighted by Crippen LogP contribution is -2.34. The van der Waals surface area contributed by atoms with Gasteiger partial charge in [0.25, 0.3) is 0 Å². The monoisotopic (exact) mass is 433 g/mol. The highest BCUT2D eigenvalue weighted by Gasteiger charge is 2.10. The average Bonchev–Trinajstić information content (AvgIpc) is 2.66. The lowest BCUT2D eigenvalue weighted by Gasteiger charge is -2.16. The maximum atomic E-state index is 12.1. The Morgan fingerprint density at radius 1 is 1.10 bits per heavy atom. The molecule has 2 aromatic rings. The number of sulfonamides is 1. The van der Waals surface area contributed by atoms with E-state index in [1.807, 2.05) is 19.1 Å². The Morgan fingerprint density at radius 3 is 2.43 bits per heavy atom. The lowest BCUT2D eigenvalue weighted by atomic mass is 10.1. The Labute approximate surface area is 176 Å². The van der Waals surface area contributed by atoms with Crippen LogP contribution in [0.15, 0.2) is 47.4 Å². The second-order valence-electron chi connectivity index (χ2n) is 6.99. The van der Waals surface area contributed by atoms with Crippen molar-refractivity contribution in [2.24, 2.45) is 5.14 Å². The van der Waals surface area contributed by atoms with Gasteiger partial charge in [0.15, 0.2) is 0 Å². The molecule has 30 heavy (non-hydrogen) atoms. The van der Waals surface area contributed by atoms with Gasteiger partial charge in [-0.2, -0.15) is 0 Å². The molecule has 0 radical (unpaired) electrons. The molecule has 2 amide bonds. The van der Waals surface area contributed by atoms with Gasteiger partial charge in [-0.25, -0.2) is 18.5 Å². The highest BCUT2D eigenvalue weighted by molar-refractivity contribution is 7.89. The van der Waals surface area contributed by atoms with E-state index in [9.17, 15) is 18.0 Å². The number of aryl methyl sites for hydroxylation is 1. The van der Waals surface area contributed by atoms with Gasteiger partial charge < -0.3 is 10.6 Å². The number of nitrogens with zero attached hydrogens (tertiary/aromatic N) is 2. The van der Waals surface area contributed by atoms with Crippen molar-refractivity contribution in [1.82, 2.24) is 15.2 Å². The summed E-state index contributed by atoms with van der Waals surface area (Å²) in [7, 11) is -1.94. The zero-order valence-corrected chi connectivity index (χ0v) is 17.9. The van der Waals surface area contributed by atoms with E-state index in [-0.39, 0.29) is 29.7 Å². The number of primary sulfonamides is 1. The number of amides is 2. The summed E-state index contributed by atoms with van der Waals surface area (Å²) in [5, 5.41) is 10.6. The SMILES string of the molecule is Cc1cccc(NC(=O)CN(C)CCC(=O)NCCc2ccc(S(N)(=O)=O)cc2)n1. The molecule has 0 saturated heterocycles. The van der Waals surface area contributed by atoms with Crippen molar-refractivity contribution >= 4 is 27.7 Å². The fraction of sp³-hybridized carbons (Fsp3) is 0.350. The second kappa shape index (κ2) is 10.8. The van der Waals surface area contributed by atoms with E-state index in [0.29, 0.717) is 25.3 Å². The number of likely N-dealkylation sites (N-methyl/N-ethyl adjacent to an activating group) is 1. The average molecular weight is 434 g/mol. The third kappa shape index (κ3) is 8.27. The summed E-state index contributed by atoms with van der Waals surface area (Å²) in [5.41, 5.74) is 1.71. The van der Waals surface area contributed by atoms with Crippen molar-refractivity contribution in [2.45, 2.75) is 24.7 Å². The van der Waals surface area contributed by atoms with Crippen molar-refractivity contribution in [2.75, 3.05) is 32.0 Å². The maximum absolute atomic E-state index is 12.1. The molecule has 1 aromatic carbocycles. The minimum absolute atomic E-state index is 0.0561. The predicted octanol–water partition coefficient (Wildman–Crippen LogP) is 0.657. The number of benzene rings is 1. The smallest absolute Gasteiger partial charge is 0.239 e. The molecule has 0 unspecified atom stereocenters. The molecular weight excluding hydrogens is 406 g/mol. The fourth-order valence-electron chi connectivity index (χ4n) is 2.69. The Bertz CT molecular complexity index is 977. The van der Waals surface area contributed by atoms with Crippen LogP contribution in [-0.4, -0.2) is 56.8 Å². The first-order chi connectivity index (χ1) is 14.1. The number of hydrogen-bond acceptors (Lipinski definition) is 6. The molecule has 0 aliphatic rings. The van der Waals surface area contributed by atoms with Gasteiger partial charge in [0.05, 0.1) is 11.4 Å². The molecule has 4 N–H and O–H groups in total. The number of nitrogens with one attached hydrogen (secondary N) is 2. The summed E-state index contributed by atoms with van der Waals surface area (Å²) in [6.07, 6.45) is 0.829. The van der Waals surface area contributed by atoms with E-state index in [2.05, 4.69) is 15.6 Å². The quantitative estimate of drug-likeness (QED) is 0.504. The van der Waals surface area contributed by atoms with Gasteiger partial charge in [0, 0.05) is 25.2 Å². The molecule has 0 spiro atoms. The van der Waals surface area contributed by atoms with Crippen LogP contribution in [0.4, 0.5) is 5.82 Å². The summed E-state index contributed by atoms with van der Waals surface area (Å²) in [5.74, 6) is 0.186. The van der Waals surface area contributed by atoms with E-state index in [1.165, 1.54) is 12.1 Å². The van der Waals surface area contributed by atoms with E-state index >= 15 is 0 Å². The third-order valence-corrected chi connectivity index (χ3v) is 5.21. The van der Waals surface area contributed by atoms with Crippen LogP contribution >= 0.6 is 0 Å². The zero-order valence-electron chi connectivity index (χ0n) is 17.1. The third-order valence-electron chi connectivity index (χ3n) is 4.28. The summed E-state index contributed by atoms with van der Waals surface area (Å²) >= 11 is 0. The van der Waals surface area contributed by atoms with Crippen LogP contribution in [0.25, 0.3) is 0 Å². The van der Waals surface area contributed by atoms with Gasteiger partial charge >= 0.3 is 0 Å². The fourth-order valence-corrected chi connectivity index (χ4v) is 3.21. The maximum Gasteiger partial charge on any atom is 0.239 e. The number of nitrogens with two attached hydrogens (primary N) is 1. The molecule has 0 aliphatic heterocycles. The first-order valence-corrected chi connectivity index (χ1v) is 11.0. The molecule has 1 heterocycles. The van der Waals surface area contributed by atoms with Crippen molar-refractivity contribution in [3.63, 3.8) is 0 Å². The highest BCUT2D eigenvalue weighted by Crippen LogP contribution is 2.09. The van der Waals surface area contributed by atoms with Crippen LogP contribution < -0.4 is 15.8 Å². The van der Waals surface area contributed by atoms with E-state index in [4.69, 9.17) is 5.14 Å². The molecule has 2 rings (SSSR count). The molecule has 0 aliphatic carbocycles. The topological polar surface area (TPSA) is 134 Å². The number of hydrogen-bond donors (Lipinski definition) is 3. The number of carbonyl (C=O) groups is 2. The van der Waals surface area contributed by atoms with Gasteiger partial charge in [-0.1, -0.05) is 18.2 Å². The van der Waals surface area contributed by atoms with Gasteiger partial charge in [-0.15, -0.1) is 0 Å². The number of aromatic nitrogens is 1. The molecular formula is C20H27N5O4S. The largest absolute Gasteiger partial charge is 0.356 e. The Morgan fingerprint density at radius 2 is 1.80 bits per heavy atom. The molecule has 162 valence electrons. The predicted molar refractivity (Wildman–Crippen MR) is 114 cm³/mol. The first kappa shape index (κ1) is 23.5. The summed E-state index contributed by atoms with van der Waals surface area (Å²) in [6.45, 7) is 2.86. The van der Waals surface area contributed by atoms with Gasteiger partial charge in [0.2, 0.25) is 21.8 Å². The number of pyridine rings is 1. The molecule has 0 atom stereocenters. The van der Waals surface area contributed by atoms with Crippen molar-refractivity contribution in [3.8, 4) is 0 Å². The molecule has 0 bridgehead atoms. The van der Waals surface area contributed by atoms with Crippen LogP contribution in [0, 0.1) is 6.92 Å². The second-order valence-corrected chi connectivity index (χ2v) is 8.55. The van der Waals surface area contributed by atoms with Gasteiger partial charge in [-0.05, 0) is 50.2 Å². The molecule has 0 fully saturated rings.